The minimum atomic E-state index is -3.59. The van der Waals surface area contributed by atoms with Crippen molar-refractivity contribution in [2.45, 2.75) is 57.0 Å². The number of terminal acetylenes is 1. The summed E-state index contributed by atoms with van der Waals surface area (Å²) in [5.74, 6) is 1.88. The van der Waals surface area contributed by atoms with Crippen molar-refractivity contribution in [3.8, 4) is 18.1 Å². The highest BCUT2D eigenvalue weighted by molar-refractivity contribution is 8.09. The molecule has 12 nitrogen and oxygen atoms in total. The zero-order valence-corrected chi connectivity index (χ0v) is 24.1. The van der Waals surface area contributed by atoms with E-state index in [9.17, 15) is 24.6 Å². The molecule has 0 bridgehead atoms. The second-order valence-corrected chi connectivity index (χ2v) is 12.8. The van der Waals surface area contributed by atoms with E-state index in [-0.39, 0.29) is 6.10 Å². The summed E-state index contributed by atoms with van der Waals surface area (Å²) < 4.78 is 24.1. The molecule has 0 saturated carbocycles. The topological polar surface area (TPSA) is 161 Å². The molecule has 1 aromatic heterocycles. The average molecular weight is 604 g/mol. The Hall–Kier alpha value is -3.34. The summed E-state index contributed by atoms with van der Waals surface area (Å²) in [5.41, 5.74) is -3.94. The molecular weight excluding hydrogens is 573 g/mol. The van der Waals surface area contributed by atoms with Gasteiger partial charge in [-0.2, -0.15) is 0 Å². The molecule has 0 radical (unpaired) electrons. The Bertz CT molecular complexity index is 1630. The fourth-order valence-electron chi connectivity index (χ4n) is 4.24. The zero-order chi connectivity index (χ0) is 29.9. The number of esters is 1. The number of H-pyrrole nitrogens is 1. The van der Waals surface area contributed by atoms with E-state index in [1.165, 1.54) is 6.92 Å². The van der Waals surface area contributed by atoms with Crippen molar-refractivity contribution in [1.29, 1.82) is 0 Å². The molecule has 1 aliphatic heterocycles. The lowest BCUT2D eigenvalue weighted by Crippen LogP contribution is -2.48. The van der Waals surface area contributed by atoms with Crippen molar-refractivity contribution < 1.29 is 33.5 Å². The van der Waals surface area contributed by atoms with Crippen LogP contribution in [-0.4, -0.2) is 62.3 Å². The number of nitrogens with one attached hydrogen (secondary N) is 2. The van der Waals surface area contributed by atoms with Crippen molar-refractivity contribution >= 4 is 35.2 Å². The Morgan fingerprint density at radius 2 is 1.95 bits per heavy atom. The van der Waals surface area contributed by atoms with Crippen LogP contribution in [0.25, 0.3) is 10.8 Å². The molecule has 0 aliphatic carbocycles. The third-order valence-corrected chi connectivity index (χ3v) is 8.74. The Kier molecular flexibility index (Phi) is 9.16. The van der Waals surface area contributed by atoms with Gasteiger partial charge in [-0.25, -0.2) is 9.88 Å². The van der Waals surface area contributed by atoms with Gasteiger partial charge in [0, 0.05) is 17.6 Å². The largest absolute Gasteiger partial charge is 0.462 e. The van der Waals surface area contributed by atoms with Gasteiger partial charge in [-0.1, -0.05) is 42.3 Å². The SMILES string of the molecule is C#C[C@@]1(O)[C@H](O)[C@@H](COP(=S)(N[C@@H](C)C(=O)OC(C)C)Oc2cccc3ccccc23)O[C@H]1n1ccc(=O)[nH]c1=O. The Morgan fingerprint density at radius 1 is 1.24 bits per heavy atom. The first kappa shape index (κ1) is 30.6. The van der Waals surface area contributed by atoms with Crippen LogP contribution < -0.4 is 20.9 Å². The normalized spacial score (nSPS) is 24.5. The second-order valence-electron chi connectivity index (χ2n) is 9.66. The van der Waals surface area contributed by atoms with E-state index in [1.807, 2.05) is 35.3 Å². The van der Waals surface area contributed by atoms with E-state index in [0.29, 0.717) is 5.75 Å². The number of aliphatic hydroxyl groups is 2. The molecule has 14 heteroatoms. The molecule has 2 heterocycles. The first-order chi connectivity index (χ1) is 19.4. The van der Waals surface area contributed by atoms with Crippen molar-refractivity contribution in [2.24, 2.45) is 0 Å². The molecule has 0 amide bonds. The number of carbonyl (C=O) groups is 1. The van der Waals surface area contributed by atoms with Gasteiger partial charge in [0.05, 0.1) is 12.7 Å². The molecule has 1 aliphatic rings. The highest BCUT2D eigenvalue weighted by atomic mass is 32.5. The van der Waals surface area contributed by atoms with Crippen LogP contribution in [0.15, 0.2) is 64.3 Å². The number of carbonyl (C=O) groups excluding carboxylic acids is 1. The number of nitrogens with zero attached hydrogens (tertiary/aromatic N) is 1. The monoisotopic (exact) mass is 603 g/mol. The summed E-state index contributed by atoms with van der Waals surface area (Å²) in [6.45, 7) is 0.904. The van der Waals surface area contributed by atoms with Gasteiger partial charge < -0.3 is 28.7 Å². The van der Waals surface area contributed by atoms with E-state index < -0.39 is 60.5 Å². The molecule has 218 valence electrons. The molecule has 0 spiro atoms. The molecule has 1 fully saturated rings. The summed E-state index contributed by atoms with van der Waals surface area (Å²) in [6.07, 6.45) is 1.65. The fraction of sp³-hybridized carbons (Fsp3) is 0.370. The van der Waals surface area contributed by atoms with Crippen molar-refractivity contribution in [3.63, 3.8) is 0 Å². The van der Waals surface area contributed by atoms with Crippen molar-refractivity contribution in [1.82, 2.24) is 14.6 Å². The van der Waals surface area contributed by atoms with E-state index in [2.05, 4.69) is 11.0 Å². The first-order valence-electron chi connectivity index (χ1n) is 12.6. The third kappa shape index (κ3) is 6.60. The highest BCUT2D eigenvalue weighted by Crippen LogP contribution is 2.48. The van der Waals surface area contributed by atoms with E-state index in [1.54, 1.807) is 26.0 Å². The number of aliphatic hydroxyl groups excluding tert-OH is 1. The molecule has 1 unspecified atom stereocenters. The molecule has 4 rings (SSSR count). The summed E-state index contributed by atoms with van der Waals surface area (Å²) in [7, 11) is 0. The molecule has 3 aromatic rings. The summed E-state index contributed by atoms with van der Waals surface area (Å²) in [6, 6.07) is 12.9. The van der Waals surface area contributed by atoms with Gasteiger partial charge in [-0.15, -0.1) is 6.42 Å². The summed E-state index contributed by atoms with van der Waals surface area (Å²) in [5, 5.41) is 26.6. The number of hydrogen-bond acceptors (Lipinski definition) is 10. The number of aromatic nitrogens is 2. The number of benzene rings is 2. The first-order valence-corrected chi connectivity index (χ1v) is 15.3. The number of aromatic amines is 1. The van der Waals surface area contributed by atoms with Crippen LogP contribution in [0.1, 0.15) is 27.0 Å². The minimum absolute atomic E-state index is 0.374. The molecule has 6 atom stereocenters. The number of hydrogen-bond donors (Lipinski definition) is 4. The molecule has 1 saturated heterocycles. The van der Waals surface area contributed by atoms with Crippen LogP contribution in [-0.2, 0) is 30.6 Å². The molecule has 4 N–H and O–H groups in total. The quantitative estimate of drug-likeness (QED) is 0.151. The van der Waals surface area contributed by atoms with Crippen LogP contribution >= 0.6 is 6.64 Å². The number of rotatable bonds is 10. The summed E-state index contributed by atoms with van der Waals surface area (Å²) in [4.78, 5) is 38.5. The Labute approximate surface area is 240 Å². The van der Waals surface area contributed by atoms with Gasteiger partial charge in [-0.05, 0) is 44.0 Å². The van der Waals surface area contributed by atoms with Crippen LogP contribution in [0.3, 0.4) is 0 Å². The van der Waals surface area contributed by atoms with Gasteiger partial charge in [0.25, 0.3) is 5.56 Å². The van der Waals surface area contributed by atoms with Gasteiger partial charge in [0.2, 0.25) is 0 Å². The lowest BCUT2D eigenvalue weighted by molar-refractivity contribution is -0.149. The van der Waals surface area contributed by atoms with Gasteiger partial charge in [0.15, 0.2) is 11.8 Å². The van der Waals surface area contributed by atoms with Crippen molar-refractivity contribution in [3.05, 3.63) is 75.6 Å². The van der Waals surface area contributed by atoms with Gasteiger partial charge in [0.1, 0.15) is 24.0 Å². The maximum atomic E-state index is 12.6. The van der Waals surface area contributed by atoms with E-state index in [4.69, 9.17) is 36.8 Å². The van der Waals surface area contributed by atoms with Gasteiger partial charge >= 0.3 is 18.3 Å². The lowest BCUT2D eigenvalue weighted by Gasteiger charge is -2.28. The second kappa shape index (κ2) is 12.3. The van der Waals surface area contributed by atoms with Gasteiger partial charge in [-0.3, -0.25) is 19.1 Å². The maximum absolute atomic E-state index is 12.6. The Balaban J connectivity index is 1.62. The Morgan fingerprint density at radius 3 is 2.63 bits per heavy atom. The van der Waals surface area contributed by atoms with Crippen LogP contribution in [0.5, 0.6) is 5.75 Å². The summed E-state index contributed by atoms with van der Waals surface area (Å²) >= 11 is 5.79. The number of fused-ring (bicyclic) bond motifs is 1. The molecule has 41 heavy (non-hydrogen) atoms. The predicted molar refractivity (Wildman–Crippen MR) is 154 cm³/mol. The lowest BCUT2D eigenvalue weighted by atomic mass is 9.95. The van der Waals surface area contributed by atoms with E-state index in [0.717, 1.165) is 27.6 Å². The standard InChI is InChI=1S/C27H30N3O9PS/c1-5-27(35)23(32)21(38-25(27)30-14-13-22(31)28-26(30)34)15-36-40(41,29-17(4)24(33)37-16(2)3)39-20-12-8-10-18-9-6-7-11-19(18)20/h1,6-14,16-17,21,23,25,32,35H,15H2,2-4H3,(H,29,41)(H,28,31,34)/t17-,21+,23+,25+,27+,40?/m0/s1. The maximum Gasteiger partial charge on any atom is 0.330 e. The zero-order valence-electron chi connectivity index (χ0n) is 22.4. The predicted octanol–water partition coefficient (Wildman–Crippen LogP) is 1.56. The van der Waals surface area contributed by atoms with E-state index >= 15 is 0 Å². The minimum Gasteiger partial charge on any atom is -0.462 e. The number of ether oxygens (including phenoxy) is 2. The van der Waals surface area contributed by atoms with Crippen molar-refractivity contribution in [2.75, 3.05) is 6.61 Å². The highest BCUT2D eigenvalue weighted by Gasteiger charge is 2.56. The van der Waals surface area contributed by atoms with Crippen LogP contribution in [0.4, 0.5) is 0 Å². The fourth-order valence-corrected chi connectivity index (χ4v) is 6.66. The van der Waals surface area contributed by atoms with Crippen LogP contribution in [0, 0.1) is 12.3 Å². The molecular formula is C27H30N3O9PS. The third-order valence-electron chi connectivity index (χ3n) is 6.25. The molecule has 2 aromatic carbocycles. The average Bonchev–Trinajstić information content (AvgIpc) is 3.17. The van der Waals surface area contributed by atoms with Crippen LogP contribution in [0.2, 0.25) is 0 Å². The smallest absolute Gasteiger partial charge is 0.330 e.